The lowest BCUT2D eigenvalue weighted by Gasteiger charge is -2.17. The monoisotopic (exact) mass is 1410 g/mol. The number of unbranched alkanes of at least 4 members (excludes halogenated alkanes) is 2. The lowest BCUT2D eigenvalue weighted by Crippen LogP contribution is -2.24. The Hall–Kier alpha value is -9.16. The highest BCUT2D eigenvalue weighted by Crippen LogP contribution is 2.23. The lowest BCUT2D eigenvalue weighted by molar-refractivity contribution is -0.385. The number of hydrogen-bond acceptors (Lipinski definition) is 24. The van der Waals surface area contributed by atoms with Crippen molar-refractivity contribution in [3.8, 4) is 0 Å². The Balaban J connectivity index is 0.00000125. The second-order valence-electron chi connectivity index (χ2n) is 19.6. The number of rotatable bonds is 28. The van der Waals surface area contributed by atoms with E-state index >= 15 is 0 Å². The molecule has 0 saturated carbocycles. The molecule has 2 N–H and O–H groups in total. The smallest absolute Gasteiger partial charge is 0.373 e. The standard InChI is InChI=1S/C24H25NO8S2.C15H19NO6.C10H13NO4.C7H6BrNO2.C5H12.2CO2/c1-18-3-11-23(12-4-18)34(28,29)32-16-21(15-20-7-9-22(10-8-20)25(26)27)17-33-35(30,31)24-13-5-19(2)6-14-24;1-3-21-14(17)10-12(15(18)22-4-2)9-11-5-7-13(8-6-11)16(19)20;12-6-9(7-13)5-8-1-3-10(4-2-8)11(14)15;8-5-6-1-3-7(4-2-6)9(10)11;1-3-5-4-2;2*2-1-3/h3-14,21H,15-17H2,1-2H3;5-8,12H,3-4,9-10H2,1-2H3;1-4,9,12-13H,5-7H2;1-4H,5H2;3-5H2,1-2H3;;. The molecule has 510 valence electrons. The van der Waals surface area contributed by atoms with Gasteiger partial charge in [-0.2, -0.15) is 36.0 Å². The number of alkyl halides is 1. The first-order chi connectivity index (χ1) is 44.6. The predicted molar refractivity (Wildman–Crippen MR) is 342 cm³/mol. The molecule has 31 heteroatoms. The minimum Gasteiger partial charge on any atom is -0.466 e. The maximum absolute atomic E-state index is 12.6. The fourth-order valence-corrected chi connectivity index (χ4v) is 9.79. The van der Waals surface area contributed by atoms with Gasteiger partial charge in [0.25, 0.3) is 43.0 Å². The number of aliphatic hydroxyl groups is 2. The van der Waals surface area contributed by atoms with Crippen LogP contribution in [-0.4, -0.2) is 111 Å². The quantitative estimate of drug-likeness (QED) is 0.0151. The molecule has 0 radical (unpaired) electrons. The van der Waals surface area contributed by atoms with Gasteiger partial charge in [-0.15, -0.1) is 0 Å². The summed E-state index contributed by atoms with van der Waals surface area (Å²) in [4.78, 5) is 96.2. The number of nitrogens with zero attached hydrogens (tertiary/aromatic N) is 4. The Morgan fingerprint density at radius 1 is 0.479 bits per heavy atom. The molecule has 0 spiro atoms. The minimum absolute atomic E-state index is 0.0228. The van der Waals surface area contributed by atoms with E-state index in [0.717, 1.165) is 27.6 Å². The molecule has 0 aliphatic heterocycles. The van der Waals surface area contributed by atoms with Gasteiger partial charge >= 0.3 is 24.2 Å². The summed E-state index contributed by atoms with van der Waals surface area (Å²) in [7, 11) is -8.17. The van der Waals surface area contributed by atoms with E-state index in [1.165, 1.54) is 104 Å². The summed E-state index contributed by atoms with van der Waals surface area (Å²) in [5.74, 6) is -2.50. The third-order valence-electron chi connectivity index (χ3n) is 12.4. The van der Waals surface area contributed by atoms with Crippen LogP contribution in [0.25, 0.3) is 0 Å². The number of halogens is 1. The van der Waals surface area contributed by atoms with Crippen LogP contribution >= 0.6 is 15.9 Å². The third kappa shape index (κ3) is 35.6. The molecule has 6 aromatic rings. The molecule has 6 rings (SSSR count). The molecule has 0 amide bonds. The number of hydrogen-bond donors (Lipinski definition) is 2. The van der Waals surface area contributed by atoms with Crippen LogP contribution in [0, 0.1) is 72.1 Å². The highest BCUT2D eigenvalue weighted by atomic mass is 79.9. The summed E-state index contributed by atoms with van der Waals surface area (Å²) in [6.45, 7) is 11.0. The molecule has 1 atom stereocenters. The maximum Gasteiger partial charge on any atom is 0.373 e. The van der Waals surface area contributed by atoms with Crippen LogP contribution in [0.15, 0.2) is 155 Å². The number of carbonyl (C=O) groups excluding carboxylic acids is 6. The number of nitro benzene ring substituents is 4. The number of benzene rings is 6. The number of aryl methyl sites for hydroxylation is 2. The van der Waals surface area contributed by atoms with Crippen LogP contribution in [0.1, 0.15) is 86.8 Å². The number of carbonyl (C=O) groups is 2. The van der Waals surface area contributed by atoms with Crippen LogP contribution in [-0.2, 0) is 91.4 Å². The topological polar surface area (TPSA) is 421 Å². The van der Waals surface area contributed by atoms with Gasteiger partial charge in [-0.1, -0.05) is 133 Å². The molecule has 94 heavy (non-hydrogen) atoms. The van der Waals surface area contributed by atoms with Crippen LogP contribution in [0.3, 0.4) is 0 Å². The van der Waals surface area contributed by atoms with Gasteiger partial charge in [-0.25, -0.2) is 0 Å². The van der Waals surface area contributed by atoms with E-state index in [4.69, 9.17) is 47.2 Å². The highest BCUT2D eigenvalue weighted by Gasteiger charge is 2.26. The van der Waals surface area contributed by atoms with Gasteiger partial charge in [0, 0.05) is 78.9 Å². The molecular formula is C63H75BrN4O24S2. The molecule has 0 saturated heterocycles. The van der Waals surface area contributed by atoms with Crippen molar-refractivity contribution < 1.29 is 93.3 Å². The molecule has 28 nitrogen and oxygen atoms in total. The van der Waals surface area contributed by atoms with E-state index in [2.05, 4.69) is 29.8 Å². The van der Waals surface area contributed by atoms with Crippen molar-refractivity contribution in [2.24, 2.45) is 17.8 Å². The summed E-state index contributed by atoms with van der Waals surface area (Å²) in [6.07, 6.45) is 5.45. The zero-order chi connectivity index (χ0) is 71.2. The average molecular weight is 1420 g/mol. The van der Waals surface area contributed by atoms with Crippen LogP contribution in [0.4, 0.5) is 22.7 Å². The molecule has 0 aromatic heterocycles. The molecule has 1 unspecified atom stereocenters. The van der Waals surface area contributed by atoms with E-state index in [9.17, 15) is 66.9 Å². The Morgan fingerprint density at radius 2 is 0.777 bits per heavy atom. The minimum atomic E-state index is -4.09. The SMILES string of the molecule is CCCCC.CCOC(=O)CC(Cc1ccc([N+](=O)[O-])cc1)C(=O)OCC.Cc1ccc(S(=O)(=O)OCC(COS(=O)(=O)c2ccc(C)cc2)Cc2ccc([N+](=O)[O-])cc2)cc1.O=C=O.O=C=O.O=[N+]([O-])c1ccc(CBr)cc1.O=[N+]([O-])c1ccc(CC(CO)CO)cc1. The van der Waals surface area contributed by atoms with Gasteiger partial charge in [0.1, 0.15) is 0 Å². The van der Waals surface area contributed by atoms with Crippen molar-refractivity contribution in [2.45, 2.75) is 102 Å². The maximum atomic E-state index is 12.6. The lowest BCUT2D eigenvalue weighted by atomic mass is 9.96. The Labute approximate surface area is 552 Å². The predicted octanol–water partition coefficient (Wildman–Crippen LogP) is 10.7. The first kappa shape index (κ1) is 84.8. The summed E-state index contributed by atoms with van der Waals surface area (Å²) < 4.78 is 70.7. The normalized spacial score (nSPS) is 10.6. The average Bonchev–Trinajstić information content (AvgIpc) is 0.877. The highest BCUT2D eigenvalue weighted by molar-refractivity contribution is 9.08. The van der Waals surface area contributed by atoms with Gasteiger partial charge in [0.05, 0.1) is 68.3 Å². The van der Waals surface area contributed by atoms with Gasteiger partial charge in [-0.05, 0) is 93.5 Å². The van der Waals surface area contributed by atoms with Crippen molar-refractivity contribution in [3.63, 3.8) is 0 Å². The third-order valence-corrected chi connectivity index (χ3v) is 15.6. The number of ether oxygens (including phenoxy) is 2. The van der Waals surface area contributed by atoms with E-state index in [-0.39, 0.29) is 110 Å². The van der Waals surface area contributed by atoms with Crippen molar-refractivity contribution >= 4 is 83.2 Å². The molecule has 6 aromatic carbocycles. The van der Waals surface area contributed by atoms with Gasteiger partial charge in [0.2, 0.25) is 0 Å². The van der Waals surface area contributed by atoms with E-state index in [0.29, 0.717) is 17.5 Å². The summed E-state index contributed by atoms with van der Waals surface area (Å²) in [5.41, 5.74) is 5.08. The second-order valence-corrected chi connectivity index (χ2v) is 23.4. The fraction of sp³-hybridized carbons (Fsp3) is 0.365. The van der Waals surface area contributed by atoms with Crippen LogP contribution in [0.2, 0.25) is 0 Å². The van der Waals surface area contributed by atoms with E-state index < -0.39 is 63.7 Å². The molecular weight excluding hydrogens is 1340 g/mol. The summed E-state index contributed by atoms with van der Waals surface area (Å²) >= 11 is 3.25. The molecule has 0 fully saturated rings. The van der Waals surface area contributed by atoms with Gasteiger partial charge < -0.3 is 19.7 Å². The second kappa shape index (κ2) is 47.7. The largest absolute Gasteiger partial charge is 0.466 e. The summed E-state index contributed by atoms with van der Waals surface area (Å²) in [6, 6.07) is 36.4. The zero-order valence-corrected chi connectivity index (χ0v) is 55.6. The first-order valence-corrected chi connectivity index (χ1v) is 32.5. The van der Waals surface area contributed by atoms with Crippen molar-refractivity contribution in [3.05, 3.63) is 219 Å². The fourth-order valence-electron chi connectivity index (χ4n) is 7.46. The van der Waals surface area contributed by atoms with Gasteiger partial charge in [-0.3, -0.25) is 58.4 Å². The Bertz CT molecular complexity index is 3440. The zero-order valence-electron chi connectivity index (χ0n) is 52.3. The van der Waals surface area contributed by atoms with Crippen molar-refractivity contribution in [2.75, 3.05) is 39.6 Å². The summed E-state index contributed by atoms with van der Waals surface area (Å²) in [5, 5.41) is 60.5. The first-order valence-electron chi connectivity index (χ1n) is 28.5. The van der Waals surface area contributed by atoms with E-state index in [1.54, 1.807) is 74.5 Å². The van der Waals surface area contributed by atoms with Crippen molar-refractivity contribution in [1.29, 1.82) is 0 Å². The number of esters is 2. The number of non-ortho nitro benzene ring substituents is 4. The Kier molecular flexibility index (Phi) is 43.0. The Morgan fingerprint density at radius 3 is 1.04 bits per heavy atom. The molecule has 0 bridgehead atoms. The number of nitro groups is 4. The van der Waals surface area contributed by atoms with E-state index in [1.807, 2.05) is 13.8 Å². The number of aliphatic hydroxyl groups excluding tert-OH is 2. The van der Waals surface area contributed by atoms with Crippen molar-refractivity contribution in [1.82, 2.24) is 0 Å². The van der Waals surface area contributed by atoms with Crippen LogP contribution in [0.5, 0.6) is 0 Å². The molecule has 0 aliphatic carbocycles. The van der Waals surface area contributed by atoms with Crippen LogP contribution < -0.4 is 0 Å². The molecule has 0 heterocycles. The van der Waals surface area contributed by atoms with Gasteiger partial charge in [0.15, 0.2) is 0 Å². The molecule has 0 aliphatic rings.